The van der Waals surface area contributed by atoms with Gasteiger partial charge in [0.2, 0.25) is 5.82 Å². The number of benzene rings is 1. The summed E-state index contributed by atoms with van der Waals surface area (Å²) in [6.45, 7) is 0. The van der Waals surface area contributed by atoms with E-state index >= 15 is 0 Å². The predicted molar refractivity (Wildman–Crippen MR) is 65.5 cm³/mol. The number of nitriles is 1. The minimum absolute atomic E-state index is 0.0963. The Hall–Kier alpha value is -2.59. The molecule has 0 saturated heterocycles. The summed E-state index contributed by atoms with van der Waals surface area (Å²) in [4.78, 5) is 8.17. The molecule has 0 saturated carbocycles. The van der Waals surface area contributed by atoms with Gasteiger partial charge in [0, 0.05) is 5.38 Å². The Morgan fingerprint density at radius 2 is 2.26 bits per heavy atom. The lowest BCUT2D eigenvalue weighted by atomic mass is 10.1. The van der Waals surface area contributed by atoms with Crippen LogP contribution in [0.1, 0.15) is 5.56 Å². The Labute approximate surface area is 111 Å². The molecule has 0 fully saturated rings. The zero-order valence-electron chi connectivity index (χ0n) is 9.37. The number of nitrogens with zero attached hydrogens (tertiary/aromatic N) is 4. The third-order valence-corrected chi connectivity index (χ3v) is 3.03. The number of thiazole rings is 1. The highest BCUT2D eigenvalue weighted by Gasteiger charge is 2.17. The van der Waals surface area contributed by atoms with Gasteiger partial charge in [-0.2, -0.15) is 10.2 Å². The van der Waals surface area contributed by atoms with Crippen LogP contribution >= 0.6 is 11.3 Å². The molecule has 2 aromatic heterocycles. The SMILES string of the molecule is N#Cc1c(F)cccc1-c1nc(-c2cscn2)no1. The van der Waals surface area contributed by atoms with E-state index in [9.17, 15) is 4.39 Å². The monoisotopic (exact) mass is 272 g/mol. The van der Waals surface area contributed by atoms with E-state index in [0.29, 0.717) is 11.5 Å². The first-order valence-electron chi connectivity index (χ1n) is 5.21. The smallest absolute Gasteiger partial charge is 0.259 e. The summed E-state index contributed by atoms with van der Waals surface area (Å²) in [7, 11) is 0. The quantitative estimate of drug-likeness (QED) is 0.717. The molecule has 0 aliphatic heterocycles. The summed E-state index contributed by atoms with van der Waals surface area (Å²) < 4.78 is 18.6. The highest BCUT2D eigenvalue weighted by atomic mass is 32.1. The standard InChI is InChI=1S/C12H5FN4OS/c13-9-3-1-2-7(8(9)4-14)12-16-11(17-18-12)10-5-19-6-15-10/h1-3,5-6H. The molecule has 1 aromatic carbocycles. The molecule has 5 nitrogen and oxygen atoms in total. The fraction of sp³-hybridized carbons (Fsp3) is 0. The van der Waals surface area contributed by atoms with Gasteiger partial charge in [-0.15, -0.1) is 11.3 Å². The summed E-state index contributed by atoms with van der Waals surface area (Å²) in [5.41, 5.74) is 2.39. The number of halogens is 1. The highest BCUT2D eigenvalue weighted by Crippen LogP contribution is 2.26. The molecule has 92 valence electrons. The van der Waals surface area contributed by atoms with E-state index in [-0.39, 0.29) is 17.0 Å². The van der Waals surface area contributed by atoms with Crippen molar-refractivity contribution in [3.8, 4) is 29.0 Å². The highest BCUT2D eigenvalue weighted by molar-refractivity contribution is 7.07. The van der Waals surface area contributed by atoms with E-state index in [1.165, 1.54) is 23.5 Å². The van der Waals surface area contributed by atoms with Crippen LogP contribution in [-0.2, 0) is 0 Å². The Bertz CT molecular complexity index is 760. The first-order valence-corrected chi connectivity index (χ1v) is 6.15. The Kier molecular flexibility index (Phi) is 2.78. The number of hydrogen-bond donors (Lipinski definition) is 0. The van der Waals surface area contributed by atoms with Crippen LogP contribution in [0.5, 0.6) is 0 Å². The van der Waals surface area contributed by atoms with Gasteiger partial charge in [0.25, 0.3) is 5.89 Å². The van der Waals surface area contributed by atoms with Crippen LogP contribution in [-0.4, -0.2) is 15.1 Å². The van der Waals surface area contributed by atoms with Gasteiger partial charge in [-0.3, -0.25) is 0 Å². The van der Waals surface area contributed by atoms with Gasteiger partial charge in [-0.05, 0) is 12.1 Å². The molecule has 0 unspecified atom stereocenters. The molecule has 0 atom stereocenters. The second kappa shape index (κ2) is 4.59. The Morgan fingerprint density at radius 1 is 1.37 bits per heavy atom. The molecule has 0 amide bonds. The molecular formula is C12H5FN4OS. The number of aromatic nitrogens is 3. The lowest BCUT2D eigenvalue weighted by molar-refractivity contribution is 0.431. The average Bonchev–Trinajstić information content (AvgIpc) is 3.09. The largest absolute Gasteiger partial charge is 0.334 e. The van der Waals surface area contributed by atoms with Gasteiger partial charge in [0.05, 0.1) is 11.1 Å². The van der Waals surface area contributed by atoms with Crippen LogP contribution in [0.2, 0.25) is 0 Å². The van der Waals surface area contributed by atoms with E-state index in [0.717, 1.165) is 0 Å². The average molecular weight is 272 g/mol. The van der Waals surface area contributed by atoms with Crippen LogP contribution in [0.4, 0.5) is 4.39 Å². The summed E-state index contributed by atoms with van der Waals surface area (Å²) >= 11 is 1.40. The zero-order chi connectivity index (χ0) is 13.2. The van der Waals surface area contributed by atoms with Crippen LogP contribution in [0.3, 0.4) is 0 Å². The maximum Gasteiger partial charge on any atom is 0.259 e. The van der Waals surface area contributed by atoms with Crippen molar-refractivity contribution >= 4 is 11.3 Å². The Morgan fingerprint density at radius 3 is 3.00 bits per heavy atom. The van der Waals surface area contributed by atoms with Crippen LogP contribution in [0.15, 0.2) is 33.6 Å². The van der Waals surface area contributed by atoms with Gasteiger partial charge in [-0.1, -0.05) is 11.2 Å². The maximum atomic E-state index is 13.5. The second-order valence-corrected chi connectivity index (χ2v) is 4.29. The van der Waals surface area contributed by atoms with Crippen molar-refractivity contribution in [3.63, 3.8) is 0 Å². The fourth-order valence-electron chi connectivity index (χ4n) is 1.58. The van der Waals surface area contributed by atoms with Crippen molar-refractivity contribution in [1.82, 2.24) is 15.1 Å². The van der Waals surface area contributed by atoms with E-state index in [1.54, 1.807) is 23.0 Å². The summed E-state index contributed by atoms with van der Waals surface area (Å²) in [6, 6.07) is 6.04. The van der Waals surface area contributed by atoms with Crippen molar-refractivity contribution in [3.05, 3.63) is 40.5 Å². The molecule has 0 N–H and O–H groups in total. The zero-order valence-corrected chi connectivity index (χ0v) is 10.2. The molecule has 19 heavy (non-hydrogen) atoms. The van der Waals surface area contributed by atoms with Crippen molar-refractivity contribution in [2.75, 3.05) is 0 Å². The molecule has 3 rings (SSSR count). The molecule has 0 bridgehead atoms. The minimum Gasteiger partial charge on any atom is -0.334 e. The fourth-order valence-corrected chi connectivity index (χ4v) is 2.11. The van der Waals surface area contributed by atoms with Crippen molar-refractivity contribution in [2.45, 2.75) is 0 Å². The number of hydrogen-bond acceptors (Lipinski definition) is 6. The predicted octanol–water partition coefficient (Wildman–Crippen LogP) is 2.87. The maximum absolute atomic E-state index is 13.5. The second-order valence-electron chi connectivity index (χ2n) is 3.57. The van der Waals surface area contributed by atoms with E-state index in [2.05, 4.69) is 15.1 Å². The first kappa shape index (κ1) is 11.5. The molecule has 0 aliphatic rings. The van der Waals surface area contributed by atoms with Gasteiger partial charge >= 0.3 is 0 Å². The first-order chi connectivity index (χ1) is 9.29. The van der Waals surface area contributed by atoms with E-state index < -0.39 is 5.82 Å². The summed E-state index contributed by atoms with van der Waals surface area (Å²) in [6.07, 6.45) is 0. The molecule has 0 radical (unpaired) electrons. The Balaban J connectivity index is 2.10. The van der Waals surface area contributed by atoms with Gasteiger partial charge in [0.1, 0.15) is 23.1 Å². The van der Waals surface area contributed by atoms with Gasteiger partial charge in [0.15, 0.2) is 0 Å². The molecule has 3 aromatic rings. The normalized spacial score (nSPS) is 10.3. The molecule has 2 heterocycles. The lowest BCUT2D eigenvalue weighted by Gasteiger charge is -1.98. The van der Waals surface area contributed by atoms with E-state index in [1.807, 2.05) is 0 Å². The molecular weight excluding hydrogens is 267 g/mol. The van der Waals surface area contributed by atoms with Gasteiger partial charge < -0.3 is 4.52 Å². The van der Waals surface area contributed by atoms with Crippen molar-refractivity contribution < 1.29 is 8.91 Å². The summed E-state index contributed by atoms with van der Waals surface area (Å²) in [5.74, 6) is -0.211. The van der Waals surface area contributed by atoms with Crippen LogP contribution in [0.25, 0.3) is 23.0 Å². The minimum atomic E-state index is -0.617. The molecule has 0 aliphatic carbocycles. The van der Waals surface area contributed by atoms with E-state index in [4.69, 9.17) is 9.78 Å². The third-order valence-electron chi connectivity index (χ3n) is 2.44. The molecule has 0 spiro atoms. The van der Waals surface area contributed by atoms with Crippen molar-refractivity contribution in [2.24, 2.45) is 0 Å². The molecule has 7 heteroatoms. The number of rotatable bonds is 2. The lowest BCUT2D eigenvalue weighted by Crippen LogP contribution is -1.89. The summed E-state index contributed by atoms with van der Waals surface area (Å²) in [5, 5.41) is 14.5. The van der Waals surface area contributed by atoms with Crippen LogP contribution in [0, 0.1) is 17.1 Å². The van der Waals surface area contributed by atoms with Gasteiger partial charge in [-0.25, -0.2) is 9.37 Å². The third kappa shape index (κ3) is 1.98. The topological polar surface area (TPSA) is 75.6 Å². The van der Waals surface area contributed by atoms with Crippen molar-refractivity contribution in [1.29, 1.82) is 5.26 Å². The van der Waals surface area contributed by atoms with Crippen LogP contribution < -0.4 is 0 Å².